The van der Waals surface area contributed by atoms with E-state index >= 15 is 0 Å². The molecule has 0 spiro atoms. The van der Waals surface area contributed by atoms with E-state index in [1.165, 1.54) is 52.5 Å². The standard InChI is InChI=1S/C59H34N4OS/c1-2-14-35(15-3-1)57-60-58(39-26-29-53-48(32-39)43-21-9-12-24-52(43)64-53)62-59(61-57)44-28-27-40(63-50-23-11-8-20-42(50)47-30-36-16-4-5-17-37(36)33-51(47)63)34-46(44)49-31-38-18-6-7-19-41(38)56-55(49)45-22-10-13-25-54(45)65-56/h1-34H. The van der Waals surface area contributed by atoms with Crippen LogP contribution in [0.1, 0.15) is 0 Å². The first-order valence-corrected chi connectivity index (χ1v) is 22.7. The molecule has 0 aliphatic heterocycles. The molecule has 5 nitrogen and oxygen atoms in total. The van der Waals surface area contributed by atoms with Gasteiger partial charge in [-0.05, 0) is 105 Å². The fourth-order valence-electron chi connectivity index (χ4n) is 10.0. The second-order valence-electron chi connectivity index (χ2n) is 16.7. The molecule has 14 rings (SSSR count). The maximum absolute atomic E-state index is 6.25. The van der Waals surface area contributed by atoms with Crippen LogP contribution in [0, 0.1) is 0 Å². The van der Waals surface area contributed by atoms with Gasteiger partial charge in [0, 0.05) is 64.1 Å². The Kier molecular flexibility index (Phi) is 7.79. The van der Waals surface area contributed by atoms with Crippen molar-refractivity contribution in [1.29, 1.82) is 0 Å². The van der Waals surface area contributed by atoms with Crippen molar-refractivity contribution in [3.8, 4) is 51.0 Å². The Morgan fingerprint density at radius 3 is 1.89 bits per heavy atom. The number of thiophene rings is 1. The fraction of sp³-hybridized carbons (Fsp3) is 0. The van der Waals surface area contributed by atoms with Crippen LogP contribution in [0.3, 0.4) is 0 Å². The zero-order valence-corrected chi connectivity index (χ0v) is 35.6. The number of para-hydroxylation sites is 2. The molecular formula is C59H34N4OS. The third-order valence-electron chi connectivity index (χ3n) is 13.0. The van der Waals surface area contributed by atoms with E-state index in [0.717, 1.165) is 66.5 Å². The lowest BCUT2D eigenvalue weighted by Gasteiger charge is -2.17. The first kappa shape index (κ1) is 36.1. The average Bonchev–Trinajstić information content (AvgIpc) is 4.05. The van der Waals surface area contributed by atoms with Crippen molar-refractivity contribution in [3.05, 3.63) is 206 Å². The van der Waals surface area contributed by atoms with Crippen LogP contribution in [-0.2, 0) is 0 Å². The molecule has 6 heteroatoms. The highest BCUT2D eigenvalue weighted by Gasteiger charge is 2.23. The maximum Gasteiger partial charge on any atom is 0.164 e. The number of hydrogen-bond acceptors (Lipinski definition) is 5. The van der Waals surface area contributed by atoms with Crippen LogP contribution >= 0.6 is 11.3 Å². The lowest BCUT2D eigenvalue weighted by Crippen LogP contribution is -2.02. The Labute approximate surface area is 376 Å². The molecule has 302 valence electrons. The highest BCUT2D eigenvalue weighted by molar-refractivity contribution is 7.26. The van der Waals surface area contributed by atoms with Crippen LogP contribution in [0.25, 0.3) is 136 Å². The number of furan rings is 1. The van der Waals surface area contributed by atoms with Gasteiger partial charge in [-0.1, -0.05) is 133 Å². The molecule has 4 heterocycles. The molecule has 4 aromatic heterocycles. The highest BCUT2D eigenvalue weighted by Crippen LogP contribution is 2.47. The van der Waals surface area contributed by atoms with Gasteiger partial charge in [-0.15, -0.1) is 11.3 Å². The van der Waals surface area contributed by atoms with Crippen molar-refractivity contribution in [2.24, 2.45) is 0 Å². The lowest BCUT2D eigenvalue weighted by atomic mass is 9.91. The summed E-state index contributed by atoms with van der Waals surface area (Å²) in [6.07, 6.45) is 0. The summed E-state index contributed by atoms with van der Waals surface area (Å²) in [6.45, 7) is 0. The van der Waals surface area contributed by atoms with Crippen molar-refractivity contribution in [1.82, 2.24) is 19.5 Å². The second-order valence-corrected chi connectivity index (χ2v) is 17.8. The highest BCUT2D eigenvalue weighted by atomic mass is 32.1. The Balaban J connectivity index is 1.09. The normalized spacial score (nSPS) is 12.0. The predicted molar refractivity (Wildman–Crippen MR) is 271 cm³/mol. The summed E-state index contributed by atoms with van der Waals surface area (Å²) in [6, 6.07) is 73.4. The van der Waals surface area contributed by atoms with Gasteiger partial charge in [0.25, 0.3) is 0 Å². The van der Waals surface area contributed by atoms with Crippen molar-refractivity contribution in [3.63, 3.8) is 0 Å². The molecule has 0 fully saturated rings. The van der Waals surface area contributed by atoms with Crippen LogP contribution in [0.4, 0.5) is 0 Å². The third-order valence-corrected chi connectivity index (χ3v) is 14.2. The van der Waals surface area contributed by atoms with E-state index in [1.807, 2.05) is 53.8 Å². The first-order valence-electron chi connectivity index (χ1n) is 21.8. The molecule has 0 saturated heterocycles. The van der Waals surface area contributed by atoms with Gasteiger partial charge in [0.1, 0.15) is 11.2 Å². The van der Waals surface area contributed by atoms with Crippen LogP contribution in [-0.4, -0.2) is 19.5 Å². The molecule has 0 atom stereocenters. The lowest BCUT2D eigenvalue weighted by molar-refractivity contribution is 0.669. The van der Waals surface area contributed by atoms with Crippen LogP contribution in [0.5, 0.6) is 0 Å². The summed E-state index contributed by atoms with van der Waals surface area (Å²) in [7, 11) is 0. The summed E-state index contributed by atoms with van der Waals surface area (Å²) in [5, 5.41) is 11.8. The number of fused-ring (bicyclic) bond motifs is 12. The molecule has 0 saturated carbocycles. The zero-order valence-electron chi connectivity index (χ0n) is 34.7. The Morgan fingerprint density at radius 2 is 1.03 bits per heavy atom. The smallest absolute Gasteiger partial charge is 0.164 e. The summed E-state index contributed by atoms with van der Waals surface area (Å²) < 4.78 is 11.2. The van der Waals surface area contributed by atoms with Gasteiger partial charge < -0.3 is 8.98 Å². The number of hydrogen-bond donors (Lipinski definition) is 0. The number of benzene rings is 10. The van der Waals surface area contributed by atoms with E-state index in [9.17, 15) is 0 Å². The van der Waals surface area contributed by atoms with Crippen molar-refractivity contribution >= 4 is 96.8 Å². The van der Waals surface area contributed by atoms with Gasteiger partial charge >= 0.3 is 0 Å². The molecule has 0 aliphatic rings. The van der Waals surface area contributed by atoms with E-state index in [2.05, 4.69) is 168 Å². The minimum Gasteiger partial charge on any atom is -0.456 e. The van der Waals surface area contributed by atoms with Crippen molar-refractivity contribution < 1.29 is 4.42 Å². The molecule has 0 radical (unpaired) electrons. The van der Waals surface area contributed by atoms with Gasteiger partial charge in [-0.3, -0.25) is 0 Å². The second kappa shape index (κ2) is 14.0. The van der Waals surface area contributed by atoms with E-state index in [0.29, 0.717) is 17.5 Å². The largest absolute Gasteiger partial charge is 0.456 e. The topological polar surface area (TPSA) is 56.7 Å². The summed E-state index contributed by atoms with van der Waals surface area (Å²) in [5.41, 5.74) is 9.94. The van der Waals surface area contributed by atoms with Gasteiger partial charge in [-0.25, -0.2) is 15.0 Å². The summed E-state index contributed by atoms with van der Waals surface area (Å²) in [5.74, 6) is 1.80. The Bertz CT molecular complexity index is 4260. The molecule has 14 aromatic rings. The van der Waals surface area contributed by atoms with Crippen LogP contribution in [0.2, 0.25) is 0 Å². The number of aromatic nitrogens is 4. The van der Waals surface area contributed by atoms with E-state index < -0.39 is 0 Å². The summed E-state index contributed by atoms with van der Waals surface area (Å²) in [4.78, 5) is 16.0. The third kappa shape index (κ3) is 5.61. The van der Waals surface area contributed by atoms with Crippen molar-refractivity contribution in [2.75, 3.05) is 0 Å². The van der Waals surface area contributed by atoms with Crippen LogP contribution < -0.4 is 0 Å². The molecule has 0 unspecified atom stereocenters. The van der Waals surface area contributed by atoms with Gasteiger partial charge in [0.05, 0.1) is 11.0 Å². The van der Waals surface area contributed by atoms with Gasteiger partial charge in [0.2, 0.25) is 0 Å². The van der Waals surface area contributed by atoms with E-state index in [1.54, 1.807) is 0 Å². The van der Waals surface area contributed by atoms with E-state index in [4.69, 9.17) is 19.4 Å². The first-order chi connectivity index (χ1) is 32.2. The SMILES string of the molecule is c1ccc(-c2nc(-c3ccc4oc5ccccc5c4c3)nc(-c3ccc(-n4c5ccccc5c5cc6ccccc6cc54)cc3-c3cc4ccccc4c4sc5ccccc5c34)n2)cc1. The minimum absolute atomic E-state index is 0.593. The van der Waals surface area contributed by atoms with Gasteiger partial charge in [0.15, 0.2) is 17.5 Å². The van der Waals surface area contributed by atoms with Gasteiger partial charge in [-0.2, -0.15) is 0 Å². The van der Waals surface area contributed by atoms with Crippen LogP contribution in [0.15, 0.2) is 211 Å². The quantitative estimate of drug-likeness (QED) is 0.173. The van der Waals surface area contributed by atoms with Crippen molar-refractivity contribution in [2.45, 2.75) is 0 Å². The average molecular weight is 847 g/mol. The number of rotatable bonds is 5. The molecule has 10 aromatic carbocycles. The predicted octanol–water partition coefficient (Wildman–Crippen LogP) is 16.2. The summed E-state index contributed by atoms with van der Waals surface area (Å²) >= 11 is 1.86. The molecular weight excluding hydrogens is 813 g/mol. The Hall–Kier alpha value is -8.45. The molecule has 0 N–H and O–H groups in total. The number of nitrogens with zero attached hydrogens (tertiary/aromatic N) is 4. The minimum atomic E-state index is 0.593. The molecule has 0 amide bonds. The molecule has 0 aliphatic carbocycles. The molecule has 65 heavy (non-hydrogen) atoms. The van der Waals surface area contributed by atoms with E-state index in [-0.39, 0.29) is 0 Å². The Morgan fingerprint density at radius 1 is 0.369 bits per heavy atom. The molecule has 0 bridgehead atoms. The monoisotopic (exact) mass is 846 g/mol. The maximum atomic E-state index is 6.25. The zero-order chi connectivity index (χ0) is 42.6. The fourth-order valence-corrected chi connectivity index (χ4v) is 11.3.